The Bertz CT molecular complexity index is 1370. The van der Waals surface area contributed by atoms with Crippen molar-refractivity contribution in [1.82, 2.24) is 26.0 Å². The third-order valence-electron chi connectivity index (χ3n) is 5.26. The van der Waals surface area contributed by atoms with E-state index in [0.29, 0.717) is 48.3 Å². The first-order valence-electron chi connectivity index (χ1n) is 10.6. The quantitative estimate of drug-likeness (QED) is 0.200. The number of carbonyl (C=O) groups excluding carboxylic acids is 2. The second-order valence-electron chi connectivity index (χ2n) is 7.56. The van der Waals surface area contributed by atoms with Gasteiger partial charge in [0.2, 0.25) is 12.1 Å². The number of nitrogens with zero attached hydrogens (tertiary/aromatic N) is 3. The van der Waals surface area contributed by atoms with E-state index >= 15 is 0 Å². The molecular formula is C24H24N7O2+. The van der Waals surface area contributed by atoms with E-state index in [1.165, 1.54) is 0 Å². The average Bonchev–Trinajstić information content (AvgIpc) is 3.28. The van der Waals surface area contributed by atoms with Crippen molar-refractivity contribution in [3.8, 4) is 12.3 Å². The molecule has 0 aliphatic carbocycles. The number of nitrogens with one attached hydrogen (secondary N) is 4. The minimum Gasteiger partial charge on any atom is -0.352 e. The molecule has 2 heterocycles. The summed E-state index contributed by atoms with van der Waals surface area (Å²) in [5.41, 5.74) is 4.62. The lowest BCUT2D eigenvalue weighted by Crippen LogP contribution is -2.37. The van der Waals surface area contributed by atoms with Gasteiger partial charge in [0, 0.05) is 48.8 Å². The highest BCUT2D eigenvalue weighted by atomic mass is 16.2. The molecule has 9 nitrogen and oxygen atoms in total. The van der Waals surface area contributed by atoms with Crippen LogP contribution >= 0.6 is 0 Å². The van der Waals surface area contributed by atoms with Gasteiger partial charge >= 0.3 is 6.03 Å². The van der Waals surface area contributed by atoms with Crippen molar-refractivity contribution in [2.45, 2.75) is 19.9 Å². The van der Waals surface area contributed by atoms with E-state index in [0.717, 1.165) is 16.6 Å². The van der Waals surface area contributed by atoms with Gasteiger partial charge in [-0.2, -0.15) is 20.0 Å². The summed E-state index contributed by atoms with van der Waals surface area (Å²) >= 11 is 0. The van der Waals surface area contributed by atoms with E-state index in [9.17, 15) is 9.59 Å². The van der Waals surface area contributed by atoms with Crippen molar-refractivity contribution in [2.24, 2.45) is 0 Å². The van der Waals surface area contributed by atoms with Crippen LogP contribution in [-0.4, -0.2) is 40.4 Å². The number of aromatic nitrogens is 4. The Labute approximate surface area is 190 Å². The Morgan fingerprint density at radius 1 is 1.03 bits per heavy atom. The fourth-order valence-corrected chi connectivity index (χ4v) is 3.55. The predicted molar refractivity (Wildman–Crippen MR) is 126 cm³/mol. The minimum atomic E-state index is -0.305. The van der Waals surface area contributed by atoms with Crippen molar-refractivity contribution in [3.63, 3.8) is 0 Å². The number of H-pyrrole nitrogens is 1. The molecule has 0 bridgehead atoms. The zero-order valence-electron chi connectivity index (χ0n) is 18.2. The molecule has 4 rings (SSSR count). The van der Waals surface area contributed by atoms with Gasteiger partial charge in [-0.05, 0) is 48.7 Å². The number of fused-ring (bicyclic) bond motifs is 2. The van der Waals surface area contributed by atoms with Crippen molar-refractivity contribution >= 4 is 39.6 Å². The van der Waals surface area contributed by atoms with Crippen LogP contribution in [0.4, 0.5) is 10.5 Å². The highest BCUT2D eigenvalue weighted by Crippen LogP contribution is 2.17. The molecule has 0 spiro atoms. The summed E-state index contributed by atoms with van der Waals surface area (Å²) in [7, 11) is 0. The van der Waals surface area contributed by atoms with Crippen LogP contribution in [0.2, 0.25) is 0 Å². The Hall–Kier alpha value is -4.45. The number of aromatic amines is 1. The molecule has 0 atom stereocenters. The number of anilines is 1. The average molecular weight is 443 g/mol. The first-order valence-corrected chi connectivity index (χ1v) is 10.6. The fraction of sp³-hybridized carbons (Fsp3) is 0.208. The van der Waals surface area contributed by atoms with Gasteiger partial charge < -0.3 is 16.0 Å². The molecule has 0 fully saturated rings. The maximum absolute atomic E-state index is 12.3. The number of hydrogen-bond donors (Lipinski definition) is 4. The number of urea groups is 1. The lowest BCUT2D eigenvalue weighted by Gasteiger charge is -2.09. The number of amides is 3. The molecule has 0 saturated carbocycles. The fourth-order valence-electron chi connectivity index (χ4n) is 3.55. The van der Waals surface area contributed by atoms with Crippen molar-refractivity contribution in [1.29, 1.82) is 0 Å². The topological polar surface area (TPSA) is 116 Å². The van der Waals surface area contributed by atoms with Gasteiger partial charge in [-0.3, -0.25) is 4.79 Å². The Balaban J connectivity index is 1.24. The molecule has 0 aliphatic heterocycles. The highest BCUT2D eigenvalue weighted by molar-refractivity contribution is 5.97. The van der Waals surface area contributed by atoms with Crippen LogP contribution in [0.25, 0.3) is 21.9 Å². The molecule has 9 heteroatoms. The van der Waals surface area contributed by atoms with E-state index < -0.39 is 0 Å². The van der Waals surface area contributed by atoms with Gasteiger partial charge in [0.15, 0.2) is 5.69 Å². The number of hydrogen-bond acceptors (Lipinski definition) is 4. The van der Waals surface area contributed by atoms with Gasteiger partial charge in [-0.15, -0.1) is 6.42 Å². The zero-order chi connectivity index (χ0) is 23.2. The normalized spacial score (nSPS) is 10.7. The second kappa shape index (κ2) is 9.78. The zero-order valence-corrected chi connectivity index (χ0v) is 18.2. The summed E-state index contributed by atoms with van der Waals surface area (Å²) in [6.07, 6.45) is 6.07. The van der Waals surface area contributed by atoms with E-state index in [1.54, 1.807) is 18.2 Å². The number of rotatable bonds is 7. The molecule has 2 aromatic carbocycles. The summed E-state index contributed by atoms with van der Waals surface area (Å²) in [5, 5.41) is 19.9. The van der Waals surface area contributed by atoms with Crippen molar-refractivity contribution in [2.75, 3.05) is 18.4 Å². The number of benzene rings is 2. The van der Waals surface area contributed by atoms with Crippen LogP contribution in [0.3, 0.4) is 0 Å². The Morgan fingerprint density at radius 3 is 2.70 bits per heavy atom. The van der Waals surface area contributed by atoms with Crippen LogP contribution in [-0.2, 0) is 6.54 Å². The lowest BCUT2D eigenvalue weighted by atomic mass is 10.1. The van der Waals surface area contributed by atoms with E-state index in [4.69, 9.17) is 6.42 Å². The molecule has 0 saturated heterocycles. The molecule has 4 N–H and O–H groups in total. The summed E-state index contributed by atoms with van der Waals surface area (Å²) in [5.74, 6) is 2.47. The summed E-state index contributed by atoms with van der Waals surface area (Å²) in [6, 6.07) is 14.5. The molecule has 0 radical (unpaired) electrons. The number of pyridine rings is 1. The molecule has 2 aromatic heterocycles. The molecule has 3 amide bonds. The largest absolute Gasteiger partial charge is 0.352 e. The standard InChI is InChI=1S/C24H23N7O2/c1-3-13-31-16(2)5-6-17-14-19(8-10-22(17)31)27-24(33)26-12-4-11-25-23(32)18-7-9-20-21(15-18)29-30-28-20/h1,5-10,14-15H,4,11-13H2,2H3,(H3-,25,26,27,28,29,30,32,33)/p+1. The van der Waals surface area contributed by atoms with Crippen LogP contribution in [0.5, 0.6) is 0 Å². The van der Waals surface area contributed by atoms with Crippen LogP contribution in [0, 0.1) is 19.3 Å². The number of aryl methyl sites for hydroxylation is 1. The van der Waals surface area contributed by atoms with E-state index in [1.807, 2.05) is 37.3 Å². The smallest absolute Gasteiger partial charge is 0.319 e. The molecular weight excluding hydrogens is 418 g/mol. The molecule has 33 heavy (non-hydrogen) atoms. The van der Waals surface area contributed by atoms with Crippen molar-refractivity contribution in [3.05, 3.63) is 59.8 Å². The molecule has 0 aliphatic rings. The van der Waals surface area contributed by atoms with Gasteiger partial charge in [0.1, 0.15) is 11.0 Å². The number of carbonyl (C=O) groups is 2. The van der Waals surface area contributed by atoms with Crippen LogP contribution in [0.1, 0.15) is 22.5 Å². The molecule has 4 aromatic rings. The van der Waals surface area contributed by atoms with Crippen LogP contribution < -0.4 is 20.5 Å². The Kier molecular flexibility index (Phi) is 6.45. The van der Waals surface area contributed by atoms with Gasteiger partial charge in [0.25, 0.3) is 5.91 Å². The van der Waals surface area contributed by atoms with Gasteiger partial charge in [-0.1, -0.05) is 0 Å². The molecule has 0 unspecified atom stereocenters. The predicted octanol–water partition coefficient (Wildman–Crippen LogP) is 2.28. The maximum atomic E-state index is 12.3. The first kappa shape index (κ1) is 21.8. The lowest BCUT2D eigenvalue weighted by molar-refractivity contribution is -0.664. The summed E-state index contributed by atoms with van der Waals surface area (Å²) < 4.78 is 2.05. The van der Waals surface area contributed by atoms with Gasteiger partial charge in [-0.25, -0.2) is 4.79 Å². The highest BCUT2D eigenvalue weighted by Gasteiger charge is 2.12. The summed E-state index contributed by atoms with van der Waals surface area (Å²) in [4.78, 5) is 24.5. The van der Waals surface area contributed by atoms with Crippen LogP contribution in [0.15, 0.2) is 48.5 Å². The minimum absolute atomic E-state index is 0.196. The summed E-state index contributed by atoms with van der Waals surface area (Å²) in [6.45, 7) is 3.35. The van der Waals surface area contributed by atoms with Crippen molar-refractivity contribution < 1.29 is 14.2 Å². The Morgan fingerprint density at radius 2 is 1.85 bits per heavy atom. The monoisotopic (exact) mass is 442 g/mol. The van der Waals surface area contributed by atoms with Gasteiger partial charge in [0.05, 0.1) is 0 Å². The maximum Gasteiger partial charge on any atom is 0.319 e. The first-order chi connectivity index (χ1) is 16.0. The number of terminal acetylenes is 1. The third-order valence-corrected chi connectivity index (χ3v) is 5.26. The third kappa shape index (κ3) is 5.07. The van der Waals surface area contributed by atoms with E-state index in [-0.39, 0.29) is 11.9 Å². The SMILES string of the molecule is C#CC[n+]1c(C)ccc2cc(NC(=O)NCCCNC(=O)c3ccc4n[nH]nc4c3)ccc21. The second-order valence-corrected chi connectivity index (χ2v) is 7.56. The molecule has 166 valence electrons. The van der Waals surface area contributed by atoms with E-state index in [2.05, 4.69) is 41.8 Å².